The van der Waals surface area contributed by atoms with Gasteiger partial charge in [0.05, 0.1) is 26.4 Å². The standard InChI is InChI=1S/C22H22N2O6/c1-14-7-9-16(10-8-14)23-20(25)15-5-4-6-17(11-15)24-13-30-12-18(21(26)28-2)19(24)22(27)29-3/h4-11H,12-13H2,1-3H3,(H,23,25). The molecule has 8 heteroatoms. The molecule has 2 aromatic carbocycles. The Morgan fingerprint density at radius 2 is 1.70 bits per heavy atom. The highest BCUT2D eigenvalue weighted by atomic mass is 16.5. The van der Waals surface area contributed by atoms with Crippen LogP contribution in [0.3, 0.4) is 0 Å². The lowest BCUT2D eigenvalue weighted by Gasteiger charge is -2.31. The molecule has 0 radical (unpaired) electrons. The van der Waals surface area contributed by atoms with E-state index < -0.39 is 11.9 Å². The molecule has 0 aromatic heterocycles. The summed E-state index contributed by atoms with van der Waals surface area (Å²) in [6.45, 7) is 1.89. The van der Waals surface area contributed by atoms with E-state index >= 15 is 0 Å². The number of esters is 2. The van der Waals surface area contributed by atoms with Gasteiger partial charge in [-0.3, -0.25) is 4.79 Å². The molecule has 0 aliphatic carbocycles. The summed E-state index contributed by atoms with van der Waals surface area (Å²) in [6, 6.07) is 14.1. The third kappa shape index (κ3) is 4.49. The second kappa shape index (κ2) is 9.23. The molecule has 156 valence electrons. The van der Waals surface area contributed by atoms with Crippen LogP contribution < -0.4 is 10.2 Å². The van der Waals surface area contributed by atoms with Crippen LogP contribution in [0.2, 0.25) is 0 Å². The number of methoxy groups -OCH3 is 2. The first-order chi connectivity index (χ1) is 14.4. The number of carbonyl (C=O) groups is 3. The minimum atomic E-state index is -0.701. The fraction of sp³-hybridized carbons (Fsp3) is 0.227. The van der Waals surface area contributed by atoms with Gasteiger partial charge in [0.25, 0.3) is 5.91 Å². The predicted molar refractivity (Wildman–Crippen MR) is 110 cm³/mol. The minimum absolute atomic E-state index is 0.00790. The third-order valence-electron chi connectivity index (χ3n) is 4.56. The zero-order valence-electron chi connectivity index (χ0n) is 16.9. The summed E-state index contributed by atoms with van der Waals surface area (Å²) in [7, 11) is 2.45. The van der Waals surface area contributed by atoms with E-state index in [1.807, 2.05) is 31.2 Å². The topological polar surface area (TPSA) is 94.2 Å². The Labute approximate surface area is 174 Å². The van der Waals surface area contributed by atoms with E-state index in [1.54, 1.807) is 24.3 Å². The van der Waals surface area contributed by atoms with E-state index in [0.717, 1.165) is 5.56 Å². The van der Waals surface area contributed by atoms with Crippen LogP contribution in [0.15, 0.2) is 59.8 Å². The molecule has 2 aromatic rings. The van der Waals surface area contributed by atoms with Crippen molar-refractivity contribution in [3.8, 4) is 0 Å². The van der Waals surface area contributed by atoms with Crippen molar-refractivity contribution in [2.45, 2.75) is 6.92 Å². The molecule has 1 amide bonds. The number of anilines is 2. The average Bonchev–Trinajstić information content (AvgIpc) is 2.79. The van der Waals surface area contributed by atoms with Crippen LogP contribution in [0, 0.1) is 6.92 Å². The van der Waals surface area contributed by atoms with Gasteiger partial charge < -0.3 is 24.4 Å². The number of nitrogens with one attached hydrogen (secondary N) is 1. The number of ether oxygens (including phenoxy) is 3. The maximum absolute atomic E-state index is 12.7. The zero-order valence-corrected chi connectivity index (χ0v) is 16.9. The largest absolute Gasteiger partial charge is 0.466 e. The molecule has 1 heterocycles. The van der Waals surface area contributed by atoms with Gasteiger partial charge in [0.15, 0.2) is 0 Å². The Morgan fingerprint density at radius 3 is 2.37 bits per heavy atom. The average molecular weight is 410 g/mol. The van der Waals surface area contributed by atoms with Gasteiger partial charge in [-0.1, -0.05) is 23.8 Å². The summed E-state index contributed by atoms with van der Waals surface area (Å²) in [5.41, 5.74) is 2.69. The van der Waals surface area contributed by atoms with E-state index in [-0.39, 0.29) is 30.5 Å². The zero-order chi connectivity index (χ0) is 21.7. The summed E-state index contributed by atoms with van der Waals surface area (Å²) in [6.07, 6.45) is 0. The van der Waals surface area contributed by atoms with Gasteiger partial charge >= 0.3 is 11.9 Å². The monoisotopic (exact) mass is 410 g/mol. The highest BCUT2D eigenvalue weighted by molar-refractivity contribution is 6.06. The van der Waals surface area contributed by atoms with Crippen LogP contribution in [0.1, 0.15) is 15.9 Å². The number of nitrogens with zero attached hydrogens (tertiary/aromatic N) is 1. The first-order valence-electron chi connectivity index (χ1n) is 9.17. The van der Waals surface area contributed by atoms with Gasteiger partial charge in [0.1, 0.15) is 12.4 Å². The molecule has 0 bridgehead atoms. The molecule has 1 aliphatic heterocycles. The Kier molecular flexibility index (Phi) is 6.48. The summed E-state index contributed by atoms with van der Waals surface area (Å²) >= 11 is 0. The summed E-state index contributed by atoms with van der Waals surface area (Å²) in [5.74, 6) is -1.70. The van der Waals surface area contributed by atoms with Crippen molar-refractivity contribution in [1.29, 1.82) is 0 Å². The summed E-state index contributed by atoms with van der Waals surface area (Å²) in [4.78, 5) is 38.7. The number of rotatable bonds is 5. The molecule has 3 rings (SSSR count). The van der Waals surface area contributed by atoms with Crippen LogP contribution in [-0.4, -0.2) is 45.4 Å². The Balaban J connectivity index is 1.93. The SMILES string of the molecule is COC(=O)C1=C(C(=O)OC)N(c2cccc(C(=O)Nc3ccc(C)cc3)c2)COC1. The molecular formula is C22H22N2O6. The van der Waals surface area contributed by atoms with E-state index in [9.17, 15) is 14.4 Å². The van der Waals surface area contributed by atoms with Crippen molar-refractivity contribution in [2.24, 2.45) is 0 Å². The van der Waals surface area contributed by atoms with Gasteiger partial charge in [-0.15, -0.1) is 0 Å². The van der Waals surface area contributed by atoms with Crippen LogP contribution >= 0.6 is 0 Å². The normalized spacial score (nSPS) is 13.6. The molecule has 8 nitrogen and oxygen atoms in total. The van der Waals surface area contributed by atoms with Crippen molar-refractivity contribution in [2.75, 3.05) is 37.8 Å². The molecule has 0 saturated carbocycles. The van der Waals surface area contributed by atoms with Crippen LogP contribution in [0.5, 0.6) is 0 Å². The van der Waals surface area contributed by atoms with Crippen LogP contribution in [0.25, 0.3) is 0 Å². The quantitative estimate of drug-likeness (QED) is 0.758. The fourth-order valence-electron chi connectivity index (χ4n) is 3.00. The highest BCUT2D eigenvalue weighted by Crippen LogP contribution is 2.27. The first-order valence-corrected chi connectivity index (χ1v) is 9.17. The van der Waals surface area contributed by atoms with Gasteiger partial charge in [-0.05, 0) is 37.3 Å². The van der Waals surface area contributed by atoms with E-state index in [4.69, 9.17) is 14.2 Å². The van der Waals surface area contributed by atoms with E-state index in [1.165, 1.54) is 19.1 Å². The number of hydrogen-bond donors (Lipinski definition) is 1. The highest BCUT2D eigenvalue weighted by Gasteiger charge is 2.32. The van der Waals surface area contributed by atoms with Crippen molar-refractivity contribution in [3.05, 3.63) is 70.9 Å². The summed E-state index contributed by atoms with van der Waals surface area (Å²) in [5, 5.41) is 2.83. The van der Waals surface area contributed by atoms with Crippen LogP contribution in [-0.2, 0) is 23.8 Å². The lowest BCUT2D eigenvalue weighted by atomic mass is 10.1. The van der Waals surface area contributed by atoms with E-state index in [0.29, 0.717) is 16.9 Å². The number of hydrogen-bond acceptors (Lipinski definition) is 7. The first kappa shape index (κ1) is 21.1. The number of amides is 1. The summed E-state index contributed by atoms with van der Waals surface area (Å²) < 4.78 is 15.1. The van der Waals surface area contributed by atoms with Gasteiger partial charge in [-0.25, -0.2) is 9.59 Å². The van der Waals surface area contributed by atoms with Crippen molar-refractivity contribution in [1.82, 2.24) is 0 Å². The van der Waals surface area contributed by atoms with Crippen LogP contribution in [0.4, 0.5) is 11.4 Å². The van der Waals surface area contributed by atoms with Crippen molar-refractivity contribution in [3.63, 3.8) is 0 Å². The lowest BCUT2D eigenvalue weighted by Crippen LogP contribution is -2.38. The smallest absolute Gasteiger partial charge is 0.355 e. The molecule has 1 aliphatic rings. The minimum Gasteiger partial charge on any atom is -0.466 e. The van der Waals surface area contributed by atoms with Gasteiger partial charge in [0.2, 0.25) is 0 Å². The molecule has 0 atom stereocenters. The maximum atomic E-state index is 12.7. The number of benzene rings is 2. The molecule has 0 unspecified atom stereocenters. The van der Waals surface area contributed by atoms with Gasteiger partial charge in [-0.2, -0.15) is 0 Å². The second-order valence-electron chi connectivity index (χ2n) is 6.59. The fourth-order valence-corrected chi connectivity index (χ4v) is 3.00. The maximum Gasteiger partial charge on any atom is 0.355 e. The third-order valence-corrected chi connectivity index (χ3v) is 4.56. The Hall–Kier alpha value is -3.65. The van der Waals surface area contributed by atoms with Gasteiger partial charge in [0, 0.05) is 16.9 Å². The predicted octanol–water partition coefficient (Wildman–Crippen LogP) is 2.64. The second-order valence-corrected chi connectivity index (χ2v) is 6.59. The molecule has 30 heavy (non-hydrogen) atoms. The molecule has 0 fully saturated rings. The Morgan fingerprint density at radius 1 is 1.00 bits per heavy atom. The molecular weight excluding hydrogens is 388 g/mol. The molecule has 0 spiro atoms. The number of carbonyl (C=O) groups excluding carboxylic acids is 3. The lowest BCUT2D eigenvalue weighted by molar-refractivity contribution is -0.140. The molecule has 1 N–H and O–H groups in total. The van der Waals surface area contributed by atoms with E-state index in [2.05, 4.69) is 5.32 Å². The molecule has 0 saturated heterocycles. The van der Waals surface area contributed by atoms with Crippen molar-refractivity contribution < 1.29 is 28.6 Å². The number of aryl methyl sites for hydroxylation is 1. The Bertz CT molecular complexity index is 997. The van der Waals surface area contributed by atoms with Crippen molar-refractivity contribution >= 4 is 29.2 Å².